The summed E-state index contributed by atoms with van der Waals surface area (Å²) in [4.78, 5) is 10.3. The van der Waals surface area contributed by atoms with Gasteiger partial charge in [-0.3, -0.25) is 0 Å². The summed E-state index contributed by atoms with van der Waals surface area (Å²) < 4.78 is 26.1. The lowest BCUT2D eigenvalue weighted by atomic mass is 9.91. The number of alkyl halides is 2. The SMILES string of the molecule is CCCCCCCC(C)(O)C(F)(F)C(=O)O. The van der Waals surface area contributed by atoms with Gasteiger partial charge < -0.3 is 10.2 Å². The third kappa shape index (κ3) is 4.04. The van der Waals surface area contributed by atoms with Gasteiger partial charge in [0.25, 0.3) is 0 Å². The van der Waals surface area contributed by atoms with Gasteiger partial charge in [-0.15, -0.1) is 0 Å². The van der Waals surface area contributed by atoms with Crippen molar-refractivity contribution in [3.05, 3.63) is 0 Å². The van der Waals surface area contributed by atoms with Crippen LogP contribution in [0, 0.1) is 0 Å². The van der Waals surface area contributed by atoms with E-state index in [4.69, 9.17) is 5.11 Å². The lowest BCUT2D eigenvalue weighted by molar-refractivity contribution is -0.205. The molecule has 0 aliphatic rings. The first-order valence-corrected chi connectivity index (χ1v) is 5.59. The first kappa shape index (κ1) is 15.3. The van der Waals surface area contributed by atoms with Crippen molar-refractivity contribution in [3.63, 3.8) is 0 Å². The maximum atomic E-state index is 13.0. The zero-order chi connectivity index (χ0) is 12.8. The Balaban J connectivity index is 4.09. The second-order valence-corrected chi connectivity index (χ2v) is 4.32. The van der Waals surface area contributed by atoms with Crippen LogP contribution in [0.2, 0.25) is 0 Å². The zero-order valence-electron chi connectivity index (χ0n) is 9.80. The van der Waals surface area contributed by atoms with E-state index < -0.39 is 17.5 Å². The van der Waals surface area contributed by atoms with E-state index >= 15 is 0 Å². The Bertz CT molecular complexity index is 227. The first-order chi connectivity index (χ1) is 7.25. The van der Waals surface area contributed by atoms with Gasteiger partial charge in [0.1, 0.15) is 5.60 Å². The van der Waals surface area contributed by atoms with E-state index in [1.54, 1.807) is 0 Å². The summed E-state index contributed by atoms with van der Waals surface area (Å²) in [5, 5.41) is 17.7. The maximum absolute atomic E-state index is 13.0. The number of hydrogen-bond acceptors (Lipinski definition) is 2. The molecule has 0 aliphatic heterocycles. The number of unbranched alkanes of at least 4 members (excludes halogenated alkanes) is 4. The molecule has 0 spiro atoms. The normalized spacial score (nSPS) is 15.8. The standard InChI is InChI=1S/C11H20F2O3/c1-3-4-5-6-7-8-10(2,16)11(12,13)9(14)15/h16H,3-8H2,1-2H3,(H,14,15). The Morgan fingerprint density at radius 2 is 1.69 bits per heavy atom. The van der Waals surface area contributed by atoms with Crippen LogP contribution in [0.25, 0.3) is 0 Å². The summed E-state index contributed by atoms with van der Waals surface area (Å²) >= 11 is 0. The van der Waals surface area contributed by atoms with Crippen LogP contribution in [0.3, 0.4) is 0 Å². The molecule has 16 heavy (non-hydrogen) atoms. The van der Waals surface area contributed by atoms with E-state index in [0.717, 1.165) is 32.6 Å². The van der Waals surface area contributed by atoms with Crippen LogP contribution in [-0.2, 0) is 4.79 Å². The van der Waals surface area contributed by atoms with Crippen LogP contribution in [0.15, 0.2) is 0 Å². The van der Waals surface area contributed by atoms with Crippen molar-refractivity contribution in [2.45, 2.75) is 63.9 Å². The molecule has 0 bridgehead atoms. The minimum Gasteiger partial charge on any atom is -0.477 e. The van der Waals surface area contributed by atoms with Crippen molar-refractivity contribution in [1.29, 1.82) is 0 Å². The number of aliphatic carboxylic acids is 1. The fourth-order valence-corrected chi connectivity index (χ4v) is 1.46. The van der Waals surface area contributed by atoms with Crippen LogP contribution in [0.1, 0.15) is 52.4 Å². The van der Waals surface area contributed by atoms with Gasteiger partial charge in [-0.05, 0) is 13.3 Å². The summed E-state index contributed by atoms with van der Waals surface area (Å²) in [5.41, 5.74) is -2.47. The highest BCUT2D eigenvalue weighted by Gasteiger charge is 2.55. The quantitative estimate of drug-likeness (QED) is 0.639. The Kier molecular flexibility index (Phi) is 5.86. The van der Waals surface area contributed by atoms with Crippen LogP contribution < -0.4 is 0 Å². The van der Waals surface area contributed by atoms with E-state index in [0.29, 0.717) is 6.42 Å². The highest BCUT2D eigenvalue weighted by atomic mass is 19.3. The Morgan fingerprint density at radius 3 is 2.12 bits per heavy atom. The van der Waals surface area contributed by atoms with Crippen molar-refractivity contribution in [3.8, 4) is 0 Å². The molecule has 0 fully saturated rings. The predicted molar refractivity (Wildman–Crippen MR) is 56.6 cm³/mol. The van der Waals surface area contributed by atoms with Crippen molar-refractivity contribution < 1.29 is 23.8 Å². The largest absolute Gasteiger partial charge is 0.477 e. The molecule has 0 amide bonds. The molecule has 0 aromatic rings. The van der Waals surface area contributed by atoms with Gasteiger partial charge in [0, 0.05) is 0 Å². The molecule has 0 rings (SSSR count). The summed E-state index contributed by atoms with van der Waals surface area (Å²) in [6.45, 7) is 2.91. The van der Waals surface area contributed by atoms with E-state index in [2.05, 4.69) is 0 Å². The molecule has 2 N–H and O–H groups in total. The molecule has 0 saturated carbocycles. The second kappa shape index (κ2) is 6.13. The number of carbonyl (C=O) groups is 1. The summed E-state index contributed by atoms with van der Waals surface area (Å²) in [6, 6.07) is 0. The molecule has 0 heterocycles. The summed E-state index contributed by atoms with van der Waals surface area (Å²) in [5.74, 6) is -6.36. The highest BCUT2D eigenvalue weighted by molar-refractivity contribution is 5.76. The fraction of sp³-hybridized carbons (Fsp3) is 0.909. The summed E-state index contributed by atoms with van der Waals surface area (Å²) in [6.07, 6.45) is 3.94. The van der Waals surface area contributed by atoms with Crippen LogP contribution in [0.5, 0.6) is 0 Å². The molecule has 0 aromatic carbocycles. The summed E-state index contributed by atoms with van der Waals surface area (Å²) in [7, 11) is 0. The van der Waals surface area contributed by atoms with Crippen LogP contribution >= 0.6 is 0 Å². The van der Waals surface area contributed by atoms with Gasteiger partial charge in [-0.25, -0.2) is 4.79 Å². The van der Waals surface area contributed by atoms with Crippen molar-refractivity contribution in [2.24, 2.45) is 0 Å². The fourth-order valence-electron chi connectivity index (χ4n) is 1.46. The average molecular weight is 238 g/mol. The molecule has 1 unspecified atom stereocenters. The van der Waals surface area contributed by atoms with Gasteiger partial charge >= 0.3 is 11.9 Å². The Morgan fingerprint density at radius 1 is 1.19 bits per heavy atom. The van der Waals surface area contributed by atoms with Crippen LogP contribution in [-0.4, -0.2) is 27.7 Å². The number of carboxylic acid groups (broad SMARTS) is 1. The zero-order valence-corrected chi connectivity index (χ0v) is 9.80. The maximum Gasteiger partial charge on any atom is 0.377 e. The minimum atomic E-state index is -4.09. The molecule has 5 heteroatoms. The third-order valence-electron chi connectivity index (χ3n) is 2.71. The lowest BCUT2D eigenvalue weighted by Gasteiger charge is -2.29. The monoisotopic (exact) mass is 238 g/mol. The lowest BCUT2D eigenvalue weighted by Crippen LogP contribution is -2.51. The third-order valence-corrected chi connectivity index (χ3v) is 2.71. The van der Waals surface area contributed by atoms with Gasteiger partial charge in [0.05, 0.1) is 0 Å². The van der Waals surface area contributed by atoms with E-state index in [-0.39, 0.29) is 6.42 Å². The van der Waals surface area contributed by atoms with Gasteiger partial charge in [-0.2, -0.15) is 8.78 Å². The molecular weight excluding hydrogens is 218 g/mol. The molecule has 96 valence electrons. The van der Waals surface area contributed by atoms with Gasteiger partial charge in [-0.1, -0.05) is 39.0 Å². The average Bonchev–Trinajstić information content (AvgIpc) is 2.16. The second-order valence-electron chi connectivity index (χ2n) is 4.32. The minimum absolute atomic E-state index is 0.198. The number of carboxylic acids is 1. The van der Waals surface area contributed by atoms with Crippen molar-refractivity contribution in [1.82, 2.24) is 0 Å². The van der Waals surface area contributed by atoms with E-state index in [1.807, 2.05) is 6.92 Å². The topological polar surface area (TPSA) is 57.5 Å². The molecule has 0 aromatic heterocycles. The van der Waals surface area contributed by atoms with Crippen molar-refractivity contribution in [2.75, 3.05) is 0 Å². The smallest absolute Gasteiger partial charge is 0.377 e. The molecule has 0 saturated heterocycles. The first-order valence-electron chi connectivity index (χ1n) is 5.59. The molecule has 1 atom stereocenters. The molecular formula is C11H20F2O3. The molecule has 0 radical (unpaired) electrons. The molecule has 0 aliphatic carbocycles. The van der Waals surface area contributed by atoms with E-state index in [1.165, 1.54) is 0 Å². The molecule has 3 nitrogen and oxygen atoms in total. The van der Waals surface area contributed by atoms with Crippen LogP contribution in [0.4, 0.5) is 8.78 Å². The highest BCUT2D eigenvalue weighted by Crippen LogP contribution is 2.33. The Hall–Kier alpha value is -0.710. The van der Waals surface area contributed by atoms with Gasteiger partial charge in [0.2, 0.25) is 0 Å². The predicted octanol–water partition coefficient (Wildman–Crippen LogP) is 2.82. The van der Waals surface area contributed by atoms with Gasteiger partial charge in [0.15, 0.2) is 0 Å². The van der Waals surface area contributed by atoms with Crippen molar-refractivity contribution >= 4 is 5.97 Å². The number of aliphatic hydroxyl groups is 1. The van der Waals surface area contributed by atoms with E-state index in [9.17, 15) is 18.7 Å². The number of halogens is 2. The Labute approximate surface area is 94.5 Å². The number of hydrogen-bond donors (Lipinski definition) is 2. The number of rotatable bonds is 8.